The number of aromatic nitrogens is 3. The van der Waals surface area contributed by atoms with Gasteiger partial charge in [0.15, 0.2) is 0 Å². The van der Waals surface area contributed by atoms with Crippen LogP contribution in [-0.4, -0.2) is 57.7 Å². The minimum atomic E-state index is -0.605. The summed E-state index contributed by atoms with van der Waals surface area (Å²) in [4.78, 5) is 27.7. The number of methoxy groups -OCH3 is 2. The molecule has 2 aromatic heterocycles. The normalized spacial score (nSPS) is 17.8. The number of fused-ring (bicyclic) bond motifs is 1. The van der Waals surface area contributed by atoms with E-state index in [2.05, 4.69) is 16.2 Å². The van der Waals surface area contributed by atoms with Crippen LogP contribution in [-0.2, 0) is 23.1 Å². The molecule has 1 fully saturated rings. The number of benzene rings is 2. The first-order valence-electron chi connectivity index (χ1n) is 14.3. The first kappa shape index (κ1) is 29.4. The van der Waals surface area contributed by atoms with Gasteiger partial charge in [-0.05, 0) is 94.0 Å². The molecule has 9 heteroatoms. The van der Waals surface area contributed by atoms with E-state index in [4.69, 9.17) is 14.2 Å². The summed E-state index contributed by atoms with van der Waals surface area (Å²) in [6.07, 6.45) is 7.33. The van der Waals surface area contributed by atoms with E-state index in [1.807, 2.05) is 82.0 Å². The Morgan fingerprint density at radius 3 is 2.43 bits per heavy atom. The molecule has 42 heavy (non-hydrogen) atoms. The largest absolute Gasteiger partial charge is 0.496 e. The molecular weight excluding hydrogens is 532 g/mol. The molecule has 222 valence electrons. The first-order chi connectivity index (χ1) is 20.0. The lowest BCUT2D eigenvalue weighted by Crippen LogP contribution is -2.36. The Bertz CT molecular complexity index is 1600. The zero-order valence-corrected chi connectivity index (χ0v) is 25.5. The van der Waals surface area contributed by atoms with Crippen LogP contribution in [0.25, 0.3) is 10.9 Å². The monoisotopic (exact) mass is 572 g/mol. The zero-order valence-electron chi connectivity index (χ0n) is 25.5. The number of ether oxygens (including phenoxy) is 3. The van der Waals surface area contributed by atoms with Crippen LogP contribution in [0.1, 0.15) is 78.2 Å². The van der Waals surface area contributed by atoms with E-state index in [0.29, 0.717) is 18.0 Å². The Labute approximate surface area is 247 Å². The third-order valence-corrected chi connectivity index (χ3v) is 8.03. The van der Waals surface area contributed by atoms with Crippen molar-refractivity contribution < 1.29 is 23.8 Å². The molecule has 1 aliphatic rings. The van der Waals surface area contributed by atoms with Crippen LogP contribution in [0.2, 0.25) is 0 Å². The molecule has 1 unspecified atom stereocenters. The molecule has 0 amide bonds. The molecule has 1 saturated heterocycles. The molecule has 0 spiro atoms. The number of carbonyl (C=O) groups excluding carboxylic acids is 2. The highest BCUT2D eigenvalue weighted by Crippen LogP contribution is 2.42. The number of aryl methyl sites for hydroxylation is 2. The molecule has 0 bridgehead atoms. The van der Waals surface area contributed by atoms with Crippen LogP contribution in [0.3, 0.4) is 0 Å². The summed E-state index contributed by atoms with van der Waals surface area (Å²) < 4.78 is 20.0. The third-order valence-electron chi connectivity index (χ3n) is 8.03. The van der Waals surface area contributed by atoms with Crippen LogP contribution < -0.4 is 4.74 Å². The van der Waals surface area contributed by atoms with Crippen LogP contribution in [0.4, 0.5) is 4.79 Å². The van der Waals surface area contributed by atoms with Gasteiger partial charge in [-0.1, -0.05) is 12.1 Å². The topological polar surface area (TPSA) is 87.8 Å². The van der Waals surface area contributed by atoms with Crippen molar-refractivity contribution in [2.45, 2.75) is 64.6 Å². The average molecular weight is 573 g/mol. The van der Waals surface area contributed by atoms with E-state index >= 15 is 0 Å². The highest BCUT2D eigenvalue weighted by molar-refractivity contribution is 5.95. The average Bonchev–Trinajstić information content (AvgIpc) is 3.60. The van der Waals surface area contributed by atoms with Gasteiger partial charge in [-0.25, -0.2) is 9.59 Å². The van der Waals surface area contributed by atoms with Crippen LogP contribution >= 0.6 is 0 Å². The molecule has 0 aliphatic carbocycles. The fourth-order valence-electron chi connectivity index (χ4n) is 6.04. The number of hydrogen-bond donors (Lipinski definition) is 0. The molecule has 9 nitrogen and oxygen atoms in total. The summed E-state index contributed by atoms with van der Waals surface area (Å²) in [6.45, 7) is 9.07. The molecule has 1 aliphatic heterocycles. The number of carbonyl (C=O) groups is 2. The lowest BCUT2D eigenvalue weighted by molar-refractivity contribution is 0.0542. The lowest BCUT2D eigenvalue weighted by Gasteiger charge is -2.40. The zero-order chi connectivity index (χ0) is 30.2. The second kappa shape index (κ2) is 11.6. The summed E-state index contributed by atoms with van der Waals surface area (Å²) in [5.74, 6) is 0.793. The van der Waals surface area contributed by atoms with Crippen molar-refractivity contribution in [3.8, 4) is 5.75 Å². The van der Waals surface area contributed by atoms with Gasteiger partial charge in [0.25, 0.3) is 0 Å². The fourth-order valence-corrected chi connectivity index (χ4v) is 6.04. The Morgan fingerprint density at radius 2 is 1.81 bits per heavy atom. The number of likely N-dealkylation sites (tertiary alicyclic amines) is 1. The summed E-state index contributed by atoms with van der Waals surface area (Å²) in [6, 6.07) is 11.8. The van der Waals surface area contributed by atoms with Crippen molar-refractivity contribution in [3.63, 3.8) is 0 Å². The van der Waals surface area contributed by atoms with Gasteiger partial charge in [0, 0.05) is 43.0 Å². The summed E-state index contributed by atoms with van der Waals surface area (Å²) in [7, 11) is 5.02. The second-order valence-corrected chi connectivity index (χ2v) is 12.1. The quantitative estimate of drug-likeness (QED) is 0.248. The van der Waals surface area contributed by atoms with Gasteiger partial charge in [0.05, 0.1) is 31.5 Å². The van der Waals surface area contributed by atoms with E-state index in [1.165, 1.54) is 12.7 Å². The molecule has 5 rings (SSSR count). The Balaban J connectivity index is 1.53. The number of rotatable bonds is 6. The first-order valence-corrected chi connectivity index (χ1v) is 14.3. The van der Waals surface area contributed by atoms with Gasteiger partial charge in [-0.15, -0.1) is 0 Å². The van der Waals surface area contributed by atoms with E-state index in [9.17, 15) is 9.59 Å². The molecular formula is C33H40N4O5. The highest BCUT2D eigenvalue weighted by Gasteiger charge is 2.33. The van der Waals surface area contributed by atoms with Crippen molar-refractivity contribution in [2.75, 3.05) is 20.8 Å². The van der Waals surface area contributed by atoms with Gasteiger partial charge < -0.3 is 14.2 Å². The van der Waals surface area contributed by atoms with Crippen molar-refractivity contribution >= 4 is 23.0 Å². The second-order valence-electron chi connectivity index (χ2n) is 12.1. The lowest BCUT2D eigenvalue weighted by atomic mass is 9.83. The maximum Gasteiger partial charge on any atom is 0.419 e. The van der Waals surface area contributed by atoms with E-state index in [1.54, 1.807) is 17.9 Å². The van der Waals surface area contributed by atoms with Gasteiger partial charge >= 0.3 is 12.1 Å². The molecule has 2 aromatic carbocycles. The van der Waals surface area contributed by atoms with Crippen LogP contribution in [0.15, 0.2) is 55.0 Å². The Kier molecular flexibility index (Phi) is 8.14. The number of hydrogen-bond acceptors (Lipinski definition) is 7. The highest BCUT2D eigenvalue weighted by atomic mass is 16.6. The predicted molar refractivity (Wildman–Crippen MR) is 161 cm³/mol. The van der Waals surface area contributed by atoms with Gasteiger partial charge in [0.2, 0.25) is 0 Å². The van der Waals surface area contributed by atoms with Crippen molar-refractivity contribution in [1.82, 2.24) is 19.2 Å². The van der Waals surface area contributed by atoms with Crippen LogP contribution in [0.5, 0.6) is 5.75 Å². The van der Waals surface area contributed by atoms with Crippen molar-refractivity contribution in [2.24, 2.45) is 7.05 Å². The fraction of sp³-hybridized carbons (Fsp3) is 0.424. The van der Waals surface area contributed by atoms with Crippen LogP contribution in [0, 0.1) is 6.92 Å². The minimum Gasteiger partial charge on any atom is -0.496 e. The number of piperidine rings is 1. The smallest absolute Gasteiger partial charge is 0.419 e. The minimum absolute atomic E-state index is 0.0876. The molecule has 0 saturated carbocycles. The predicted octanol–water partition coefficient (Wildman–Crippen LogP) is 6.38. The molecule has 0 N–H and O–H groups in total. The number of esters is 1. The third kappa shape index (κ3) is 5.92. The van der Waals surface area contributed by atoms with E-state index in [-0.39, 0.29) is 12.0 Å². The van der Waals surface area contributed by atoms with Gasteiger partial charge in [-0.3, -0.25) is 14.1 Å². The van der Waals surface area contributed by atoms with Crippen molar-refractivity contribution in [1.29, 1.82) is 0 Å². The summed E-state index contributed by atoms with van der Waals surface area (Å²) in [5, 5.41) is 5.38. The van der Waals surface area contributed by atoms with E-state index in [0.717, 1.165) is 52.7 Å². The molecule has 3 heterocycles. The van der Waals surface area contributed by atoms with Gasteiger partial charge in [-0.2, -0.15) is 5.10 Å². The summed E-state index contributed by atoms with van der Waals surface area (Å²) >= 11 is 0. The number of nitrogens with zero attached hydrogens (tertiary/aromatic N) is 4. The maximum absolute atomic E-state index is 13.1. The van der Waals surface area contributed by atoms with E-state index < -0.39 is 11.7 Å². The van der Waals surface area contributed by atoms with Crippen molar-refractivity contribution in [3.05, 3.63) is 82.8 Å². The molecule has 4 aromatic rings. The Morgan fingerprint density at radius 1 is 1.07 bits per heavy atom. The summed E-state index contributed by atoms with van der Waals surface area (Å²) in [5.41, 5.74) is 5.07. The Hall–Kier alpha value is -4.11. The standard InChI is InChI=1S/C33H40N4O5/c1-21-16-29(40-6)27(26-13-15-37(30(21)26)32(39)42-33(2,3)4)20-36-14-12-24(25-18-34-35(5)19-25)17-28(36)22-8-10-23(11-9-22)31(38)41-7/h8-11,13,15-16,18-19,24,28H,12,14,17,20H2,1-7H3/t24?,28-/m0/s1. The molecule has 2 atom stereocenters. The molecule has 0 radical (unpaired) electrons. The SMILES string of the molecule is COC(=O)c1ccc([C@@H]2CC(c3cnn(C)c3)CCN2Cc2c(OC)cc(C)c3c2ccn3C(=O)OC(C)(C)C)cc1. The maximum atomic E-state index is 13.1. The van der Waals surface area contributed by atoms with Gasteiger partial charge in [0.1, 0.15) is 11.4 Å².